The molecular weight excluding hydrogens is 200 g/mol. The van der Waals surface area contributed by atoms with E-state index in [9.17, 15) is 17.6 Å². The average molecular weight is 208 g/mol. The molecule has 0 radical (unpaired) electrons. The van der Waals surface area contributed by atoms with E-state index >= 15 is 0 Å². The summed E-state index contributed by atoms with van der Waals surface area (Å²) in [5.41, 5.74) is 0. The van der Waals surface area contributed by atoms with Gasteiger partial charge in [-0.3, -0.25) is 0 Å². The molecule has 0 aromatic heterocycles. The van der Waals surface area contributed by atoms with Gasteiger partial charge in [-0.1, -0.05) is 12.2 Å². The molecule has 14 heavy (non-hydrogen) atoms. The first kappa shape index (κ1) is 8.71. The van der Waals surface area contributed by atoms with Crippen molar-refractivity contribution in [3.8, 4) is 0 Å². The van der Waals surface area contributed by atoms with Crippen LogP contribution in [-0.4, -0.2) is 18.1 Å². The summed E-state index contributed by atoms with van der Waals surface area (Å²) < 4.78 is 54.8. The fourth-order valence-corrected chi connectivity index (χ4v) is 2.88. The number of halogens is 4. The SMILES string of the molecule is FC(F)(F)C1(F)OC2C3C=CC(C3)C21. The van der Waals surface area contributed by atoms with Gasteiger partial charge in [-0.05, 0) is 12.3 Å². The van der Waals surface area contributed by atoms with E-state index in [0.717, 1.165) is 0 Å². The van der Waals surface area contributed by atoms with E-state index in [-0.39, 0.29) is 11.8 Å². The molecule has 1 saturated carbocycles. The largest absolute Gasteiger partial charge is 0.448 e. The van der Waals surface area contributed by atoms with Crippen LogP contribution in [0.2, 0.25) is 0 Å². The molecule has 0 aromatic rings. The molecular formula is C9H8F4O. The third-order valence-electron chi connectivity index (χ3n) is 3.51. The van der Waals surface area contributed by atoms with Crippen molar-refractivity contribution in [2.75, 3.05) is 0 Å². The van der Waals surface area contributed by atoms with Crippen molar-refractivity contribution >= 4 is 0 Å². The van der Waals surface area contributed by atoms with Crippen LogP contribution in [-0.2, 0) is 4.74 Å². The van der Waals surface area contributed by atoms with Gasteiger partial charge in [0.2, 0.25) is 0 Å². The van der Waals surface area contributed by atoms with Crippen molar-refractivity contribution < 1.29 is 22.3 Å². The molecule has 5 heteroatoms. The Kier molecular flexibility index (Phi) is 1.34. The van der Waals surface area contributed by atoms with Gasteiger partial charge in [-0.15, -0.1) is 0 Å². The normalized spacial score (nSPS) is 54.6. The summed E-state index contributed by atoms with van der Waals surface area (Å²) in [5.74, 6) is -4.68. The Hall–Kier alpha value is -0.580. The average Bonchev–Trinajstić information content (AvgIpc) is 2.55. The highest BCUT2D eigenvalue weighted by molar-refractivity contribution is 5.22. The Labute approximate surface area is 77.7 Å². The topological polar surface area (TPSA) is 9.23 Å². The minimum atomic E-state index is -4.90. The van der Waals surface area contributed by atoms with E-state index in [4.69, 9.17) is 0 Å². The molecule has 78 valence electrons. The Morgan fingerprint density at radius 2 is 1.86 bits per heavy atom. The third kappa shape index (κ3) is 0.759. The van der Waals surface area contributed by atoms with Crippen LogP contribution in [0.4, 0.5) is 17.6 Å². The quantitative estimate of drug-likeness (QED) is 0.439. The minimum Gasteiger partial charge on any atom is -0.334 e. The number of hydrogen-bond donors (Lipinski definition) is 0. The third-order valence-corrected chi connectivity index (χ3v) is 3.51. The molecule has 1 nitrogen and oxygen atoms in total. The zero-order valence-electron chi connectivity index (χ0n) is 7.09. The first-order valence-corrected chi connectivity index (χ1v) is 4.55. The van der Waals surface area contributed by atoms with Crippen LogP contribution in [0.3, 0.4) is 0 Å². The highest BCUT2D eigenvalue weighted by Gasteiger charge is 2.77. The van der Waals surface area contributed by atoms with E-state index in [1.165, 1.54) is 0 Å². The van der Waals surface area contributed by atoms with Gasteiger partial charge in [0, 0.05) is 5.92 Å². The molecule has 2 bridgehead atoms. The summed E-state index contributed by atoms with van der Waals surface area (Å²) in [4.78, 5) is 0. The molecule has 0 aromatic carbocycles. The lowest BCUT2D eigenvalue weighted by molar-refractivity contribution is -0.438. The smallest absolute Gasteiger partial charge is 0.334 e. The van der Waals surface area contributed by atoms with Crippen LogP contribution < -0.4 is 0 Å². The minimum absolute atomic E-state index is 0.00350. The number of rotatable bonds is 0. The van der Waals surface area contributed by atoms with Crippen LogP contribution in [0, 0.1) is 17.8 Å². The molecule has 2 aliphatic carbocycles. The molecule has 0 spiro atoms. The maximum atomic E-state index is 13.4. The number of fused-ring (bicyclic) bond motifs is 5. The van der Waals surface area contributed by atoms with Gasteiger partial charge in [0.15, 0.2) is 0 Å². The zero-order chi connectivity index (χ0) is 10.1. The van der Waals surface area contributed by atoms with E-state index in [2.05, 4.69) is 4.74 Å². The van der Waals surface area contributed by atoms with E-state index < -0.39 is 24.1 Å². The molecule has 3 aliphatic rings. The molecule has 5 atom stereocenters. The van der Waals surface area contributed by atoms with Crippen LogP contribution in [0.15, 0.2) is 12.2 Å². The Balaban J connectivity index is 1.92. The highest BCUT2D eigenvalue weighted by Crippen LogP contribution is 2.63. The molecule has 0 N–H and O–H groups in total. The van der Waals surface area contributed by atoms with Crippen molar-refractivity contribution in [2.45, 2.75) is 24.6 Å². The van der Waals surface area contributed by atoms with Crippen molar-refractivity contribution in [3.05, 3.63) is 12.2 Å². The van der Waals surface area contributed by atoms with Gasteiger partial charge >= 0.3 is 12.0 Å². The number of alkyl halides is 4. The van der Waals surface area contributed by atoms with Crippen molar-refractivity contribution in [2.24, 2.45) is 17.8 Å². The van der Waals surface area contributed by atoms with Gasteiger partial charge in [-0.25, -0.2) is 4.39 Å². The van der Waals surface area contributed by atoms with Gasteiger partial charge in [0.05, 0.1) is 12.0 Å². The number of allylic oxidation sites excluding steroid dienone is 1. The van der Waals surface area contributed by atoms with Gasteiger partial charge in [0.25, 0.3) is 0 Å². The van der Waals surface area contributed by atoms with Gasteiger partial charge in [0.1, 0.15) is 0 Å². The van der Waals surface area contributed by atoms with Crippen LogP contribution in [0.5, 0.6) is 0 Å². The maximum absolute atomic E-state index is 13.4. The molecule has 0 amide bonds. The predicted molar refractivity (Wildman–Crippen MR) is 39.0 cm³/mol. The highest BCUT2D eigenvalue weighted by atomic mass is 19.4. The fraction of sp³-hybridized carbons (Fsp3) is 0.778. The number of hydrogen-bond acceptors (Lipinski definition) is 1. The number of ether oxygens (including phenoxy) is 1. The molecule has 3 rings (SSSR count). The summed E-state index contributed by atoms with van der Waals surface area (Å²) in [6.45, 7) is 0. The maximum Gasteiger partial charge on any atom is 0.448 e. The fourth-order valence-electron chi connectivity index (χ4n) is 2.88. The Morgan fingerprint density at radius 3 is 2.43 bits per heavy atom. The van der Waals surface area contributed by atoms with E-state index in [0.29, 0.717) is 6.42 Å². The lowest BCUT2D eigenvalue weighted by atomic mass is 9.79. The van der Waals surface area contributed by atoms with E-state index in [1.54, 1.807) is 6.08 Å². The molecule has 1 saturated heterocycles. The Morgan fingerprint density at radius 1 is 1.21 bits per heavy atom. The first-order valence-electron chi connectivity index (χ1n) is 4.55. The van der Waals surface area contributed by atoms with Crippen LogP contribution in [0.1, 0.15) is 6.42 Å². The zero-order valence-corrected chi connectivity index (χ0v) is 7.09. The monoisotopic (exact) mass is 208 g/mol. The van der Waals surface area contributed by atoms with Gasteiger partial charge in [-0.2, -0.15) is 13.2 Å². The van der Waals surface area contributed by atoms with Crippen molar-refractivity contribution in [1.82, 2.24) is 0 Å². The summed E-state index contributed by atoms with van der Waals surface area (Å²) in [6.07, 6.45) is -1.31. The lowest BCUT2D eigenvalue weighted by Gasteiger charge is -2.50. The molecule has 2 fully saturated rings. The lowest BCUT2D eigenvalue weighted by Crippen LogP contribution is -2.66. The van der Waals surface area contributed by atoms with Crippen LogP contribution >= 0.6 is 0 Å². The second-order valence-corrected chi connectivity index (χ2v) is 4.20. The molecule has 5 unspecified atom stereocenters. The summed E-state index contributed by atoms with van der Waals surface area (Å²) in [7, 11) is 0. The summed E-state index contributed by atoms with van der Waals surface area (Å²) >= 11 is 0. The standard InChI is InChI=1S/C9H8F4O/c10-8(9(11,12)13)6-4-1-2-5(3-4)7(6)14-8/h1-2,4-7H,3H2. The van der Waals surface area contributed by atoms with Crippen LogP contribution in [0.25, 0.3) is 0 Å². The van der Waals surface area contributed by atoms with Crippen molar-refractivity contribution in [3.63, 3.8) is 0 Å². The summed E-state index contributed by atoms with van der Waals surface area (Å²) in [6, 6.07) is 0. The van der Waals surface area contributed by atoms with E-state index in [1.807, 2.05) is 6.08 Å². The second-order valence-electron chi connectivity index (χ2n) is 4.20. The second kappa shape index (κ2) is 2.15. The summed E-state index contributed by atoms with van der Waals surface area (Å²) in [5, 5.41) is 0. The predicted octanol–water partition coefficient (Wildman–Crippen LogP) is 2.44. The Bertz CT molecular complexity index is 310. The van der Waals surface area contributed by atoms with Crippen molar-refractivity contribution in [1.29, 1.82) is 0 Å². The van der Waals surface area contributed by atoms with Gasteiger partial charge < -0.3 is 4.74 Å². The molecule has 1 heterocycles. The molecule has 1 aliphatic heterocycles. The first-order chi connectivity index (χ1) is 6.43.